The van der Waals surface area contributed by atoms with Crippen molar-refractivity contribution in [2.75, 3.05) is 13.2 Å². The number of hydrogen-bond acceptors (Lipinski definition) is 4. The molecule has 1 aromatic heterocycles. The van der Waals surface area contributed by atoms with Gasteiger partial charge in [-0.1, -0.05) is 0 Å². The molecule has 2 heterocycles. The van der Waals surface area contributed by atoms with E-state index in [1.807, 2.05) is 13.0 Å². The molecule has 0 amide bonds. The van der Waals surface area contributed by atoms with Crippen LogP contribution in [0.4, 0.5) is 0 Å². The molecule has 1 fully saturated rings. The summed E-state index contributed by atoms with van der Waals surface area (Å²) in [6.45, 7) is 3.03. The molecule has 0 atom stereocenters. The highest BCUT2D eigenvalue weighted by atomic mass is 16.5. The van der Waals surface area contributed by atoms with E-state index in [0.29, 0.717) is 31.6 Å². The Morgan fingerprint density at radius 1 is 1.44 bits per heavy atom. The fraction of sp³-hybridized carbons (Fsp3) is 0.500. The lowest BCUT2D eigenvalue weighted by Crippen LogP contribution is -2.51. The van der Waals surface area contributed by atoms with Crippen LogP contribution in [-0.4, -0.2) is 29.5 Å². The Balaban J connectivity index is 2.24. The fourth-order valence-corrected chi connectivity index (χ4v) is 1.93. The lowest BCUT2D eigenvalue weighted by atomic mass is 9.84. The number of aromatic nitrogens is 1. The third kappa shape index (κ3) is 2.13. The van der Waals surface area contributed by atoms with Gasteiger partial charge in [0.25, 0.3) is 0 Å². The molecule has 1 aromatic rings. The molecule has 2 rings (SSSR count). The Hall–Kier alpha value is -1.26. The molecule has 4 heteroatoms. The highest BCUT2D eigenvalue weighted by molar-refractivity contribution is 6.03. The van der Waals surface area contributed by atoms with Crippen LogP contribution in [0.5, 0.6) is 0 Å². The van der Waals surface area contributed by atoms with Crippen molar-refractivity contribution in [2.24, 2.45) is 5.73 Å². The largest absolute Gasteiger partial charge is 0.381 e. The highest BCUT2D eigenvalue weighted by Gasteiger charge is 2.36. The van der Waals surface area contributed by atoms with Crippen molar-refractivity contribution in [3.63, 3.8) is 0 Å². The van der Waals surface area contributed by atoms with Gasteiger partial charge in [0.2, 0.25) is 0 Å². The molecule has 0 saturated carbocycles. The molecular formula is C12H16N2O2. The van der Waals surface area contributed by atoms with Crippen LogP contribution in [0.2, 0.25) is 0 Å². The average molecular weight is 220 g/mol. The van der Waals surface area contributed by atoms with Gasteiger partial charge in [-0.3, -0.25) is 9.78 Å². The van der Waals surface area contributed by atoms with Crippen molar-refractivity contribution >= 4 is 5.78 Å². The summed E-state index contributed by atoms with van der Waals surface area (Å²) in [6, 6.07) is 1.83. The first-order chi connectivity index (χ1) is 7.62. The van der Waals surface area contributed by atoms with Crippen LogP contribution in [0.15, 0.2) is 18.5 Å². The van der Waals surface area contributed by atoms with Crippen LogP contribution in [0.25, 0.3) is 0 Å². The SMILES string of the molecule is Cc1cncc(C(=O)C2(N)CCOCC2)c1. The summed E-state index contributed by atoms with van der Waals surface area (Å²) < 4.78 is 5.23. The Morgan fingerprint density at radius 2 is 2.12 bits per heavy atom. The van der Waals surface area contributed by atoms with Gasteiger partial charge in [0.1, 0.15) is 0 Å². The highest BCUT2D eigenvalue weighted by Crippen LogP contribution is 2.22. The third-order valence-corrected chi connectivity index (χ3v) is 2.97. The number of carbonyl (C=O) groups excluding carboxylic acids is 1. The maximum Gasteiger partial charge on any atom is 0.184 e. The topological polar surface area (TPSA) is 65.2 Å². The van der Waals surface area contributed by atoms with Crippen LogP contribution in [0.1, 0.15) is 28.8 Å². The Labute approximate surface area is 94.8 Å². The number of Topliss-reactive ketones (excluding diaryl/α,β-unsaturated/α-hetero) is 1. The predicted molar refractivity (Wildman–Crippen MR) is 60.3 cm³/mol. The minimum Gasteiger partial charge on any atom is -0.381 e. The van der Waals surface area contributed by atoms with Gasteiger partial charge in [0, 0.05) is 31.2 Å². The number of nitrogens with two attached hydrogens (primary N) is 1. The molecule has 0 aromatic carbocycles. The van der Waals surface area contributed by atoms with Crippen molar-refractivity contribution < 1.29 is 9.53 Å². The summed E-state index contributed by atoms with van der Waals surface area (Å²) in [6.07, 6.45) is 4.48. The molecule has 1 aliphatic heterocycles. The Kier molecular flexibility index (Phi) is 3.03. The first-order valence-electron chi connectivity index (χ1n) is 5.45. The monoisotopic (exact) mass is 220 g/mol. The van der Waals surface area contributed by atoms with E-state index in [4.69, 9.17) is 10.5 Å². The molecule has 1 aliphatic rings. The van der Waals surface area contributed by atoms with Crippen LogP contribution in [-0.2, 0) is 4.74 Å². The van der Waals surface area contributed by atoms with Crippen LogP contribution >= 0.6 is 0 Å². The van der Waals surface area contributed by atoms with Gasteiger partial charge in [-0.05, 0) is 31.4 Å². The second-order valence-corrected chi connectivity index (χ2v) is 4.35. The molecule has 16 heavy (non-hydrogen) atoms. The summed E-state index contributed by atoms with van der Waals surface area (Å²) in [4.78, 5) is 16.3. The predicted octanol–water partition coefficient (Wildman–Crippen LogP) is 1.08. The van der Waals surface area contributed by atoms with Gasteiger partial charge in [0.15, 0.2) is 5.78 Å². The van der Waals surface area contributed by atoms with E-state index in [1.165, 1.54) is 0 Å². The lowest BCUT2D eigenvalue weighted by Gasteiger charge is -2.31. The minimum absolute atomic E-state index is 0.0213. The van der Waals surface area contributed by atoms with Crippen molar-refractivity contribution in [1.82, 2.24) is 4.98 Å². The number of nitrogens with zero attached hydrogens (tertiary/aromatic N) is 1. The second-order valence-electron chi connectivity index (χ2n) is 4.35. The molecule has 0 spiro atoms. The summed E-state index contributed by atoms with van der Waals surface area (Å²) in [7, 11) is 0. The molecule has 1 saturated heterocycles. The maximum absolute atomic E-state index is 12.3. The number of hydrogen-bond donors (Lipinski definition) is 1. The number of pyridine rings is 1. The Bertz CT molecular complexity index is 398. The maximum atomic E-state index is 12.3. The number of aryl methyl sites for hydroxylation is 1. The van der Waals surface area contributed by atoms with Crippen LogP contribution in [0, 0.1) is 6.92 Å². The number of rotatable bonds is 2. The fourth-order valence-electron chi connectivity index (χ4n) is 1.93. The standard InChI is InChI=1S/C12H16N2O2/c1-9-6-10(8-14-7-9)11(15)12(13)2-4-16-5-3-12/h6-8H,2-5,13H2,1H3. The van der Waals surface area contributed by atoms with Gasteiger partial charge in [0.05, 0.1) is 5.54 Å². The lowest BCUT2D eigenvalue weighted by molar-refractivity contribution is 0.0447. The Morgan fingerprint density at radius 3 is 2.75 bits per heavy atom. The molecule has 86 valence electrons. The average Bonchev–Trinajstić information content (AvgIpc) is 2.29. The molecule has 0 unspecified atom stereocenters. The number of ether oxygens (including phenoxy) is 1. The van der Waals surface area contributed by atoms with Crippen LogP contribution < -0.4 is 5.73 Å². The van der Waals surface area contributed by atoms with Gasteiger partial charge < -0.3 is 10.5 Å². The molecule has 0 bridgehead atoms. The normalized spacial score (nSPS) is 19.4. The van der Waals surface area contributed by atoms with E-state index in [2.05, 4.69) is 4.98 Å². The zero-order valence-corrected chi connectivity index (χ0v) is 9.40. The van der Waals surface area contributed by atoms with E-state index in [-0.39, 0.29) is 5.78 Å². The van der Waals surface area contributed by atoms with Gasteiger partial charge in [-0.25, -0.2) is 0 Å². The third-order valence-electron chi connectivity index (χ3n) is 2.97. The van der Waals surface area contributed by atoms with Crippen molar-refractivity contribution in [2.45, 2.75) is 25.3 Å². The summed E-state index contributed by atoms with van der Waals surface area (Å²) in [5.74, 6) is -0.0213. The quantitative estimate of drug-likeness (QED) is 0.757. The summed E-state index contributed by atoms with van der Waals surface area (Å²) in [5, 5.41) is 0. The van der Waals surface area contributed by atoms with E-state index in [9.17, 15) is 4.79 Å². The van der Waals surface area contributed by atoms with E-state index in [1.54, 1.807) is 12.4 Å². The van der Waals surface area contributed by atoms with Gasteiger partial charge in [-0.15, -0.1) is 0 Å². The number of carbonyl (C=O) groups is 1. The van der Waals surface area contributed by atoms with Crippen LogP contribution in [0.3, 0.4) is 0 Å². The van der Waals surface area contributed by atoms with Crippen molar-refractivity contribution in [3.8, 4) is 0 Å². The van der Waals surface area contributed by atoms with Gasteiger partial charge >= 0.3 is 0 Å². The van der Waals surface area contributed by atoms with E-state index < -0.39 is 5.54 Å². The minimum atomic E-state index is -0.770. The summed E-state index contributed by atoms with van der Waals surface area (Å²) in [5.41, 5.74) is 6.93. The molecule has 4 nitrogen and oxygen atoms in total. The molecule has 0 aliphatic carbocycles. The van der Waals surface area contributed by atoms with E-state index in [0.717, 1.165) is 5.56 Å². The smallest absolute Gasteiger partial charge is 0.184 e. The number of ketones is 1. The van der Waals surface area contributed by atoms with Crippen molar-refractivity contribution in [3.05, 3.63) is 29.6 Å². The zero-order valence-electron chi connectivity index (χ0n) is 9.40. The zero-order chi connectivity index (χ0) is 11.6. The molecular weight excluding hydrogens is 204 g/mol. The summed E-state index contributed by atoms with van der Waals surface area (Å²) >= 11 is 0. The molecule has 0 radical (unpaired) electrons. The first kappa shape index (κ1) is 11.2. The second kappa shape index (κ2) is 4.31. The molecule has 2 N–H and O–H groups in total. The van der Waals surface area contributed by atoms with Crippen molar-refractivity contribution in [1.29, 1.82) is 0 Å². The van der Waals surface area contributed by atoms with Gasteiger partial charge in [-0.2, -0.15) is 0 Å². The van der Waals surface area contributed by atoms with E-state index >= 15 is 0 Å². The first-order valence-corrected chi connectivity index (χ1v) is 5.45.